The Labute approximate surface area is 125 Å². The normalized spacial score (nSPS) is 22.7. The van der Waals surface area contributed by atoms with Crippen LogP contribution in [0.4, 0.5) is 24.9 Å². The van der Waals surface area contributed by atoms with Crippen LogP contribution in [-0.4, -0.2) is 22.2 Å². The molecule has 0 atom stereocenters. The topological polar surface area (TPSA) is 63.8 Å². The fourth-order valence-corrected chi connectivity index (χ4v) is 2.91. The first-order chi connectivity index (χ1) is 10.4. The summed E-state index contributed by atoms with van der Waals surface area (Å²) in [6.07, 6.45) is -2.89. The zero-order chi connectivity index (χ0) is 15.7. The van der Waals surface area contributed by atoms with Crippen molar-refractivity contribution in [3.05, 3.63) is 24.3 Å². The summed E-state index contributed by atoms with van der Waals surface area (Å²) in [5.74, 6) is -0.433. The van der Waals surface area contributed by atoms with Crippen LogP contribution in [0.15, 0.2) is 24.3 Å². The average molecular weight is 310 g/mol. The minimum atomic E-state index is -4.09. The van der Waals surface area contributed by atoms with Gasteiger partial charge >= 0.3 is 6.18 Å². The quantitative estimate of drug-likeness (QED) is 0.887. The molecular weight excluding hydrogens is 293 g/mol. The van der Waals surface area contributed by atoms with Crippen LogP contribution < -0.4 is 11.1 Å². The number of hydrogen-bond donors (Lipinski definition) is 2. The van der Waals surface area contributed by atoms with E-state index < -0.39 is 12.1 Å². The summed E-state index contributed by atoms with van der Waals surface area (Å²) in [6.45, 7) is 0. The molecule has 4 nitrogen and oxygen atoms in total. The first kappa shape index (κ1) is 14.9. The molecule has 0 radical (unpaired) electrons. The Morgan fingerprint density at radius 2 is 1.73 bits per heavy atom. The molecule has 22 heavy (non-hydrogen) atoms. The van der Waals surface area contributed by atoms with Gasteiger partial charge in [0.05, 0.1) is 11.4 Å². The lowest BCUT2D eigenvalue weighted by Crippen LogP contribution is -2.33. The zero-order valence-corrected chi connectivity index (χ0v) is 11.9. The third-order valence-corrected chi connectivity index (χ3v) is 4.16. The van der Waals surface area contributed by atoms with Gasteiger partial charge in [0.25, 0.3) is 0 Å². The van der Waals surface area contributed by atoms with E-state index in [1.807, 2.05) is 24.3 Å². The summed E-state index contributed by atoms with van der Waals surface area (Å²) in [7, 11) is 0. The fourth-order valence-electron chi connectivity index (χ4n) is 2.91. The zero-order valence-electron chi connectivity index (χ0n) is 11.9. The maximum absolute atomic E-state index is 12.7. The Bertz CT molecular complexity index is 663. The van der Waals surface area contributed by atoms with Gasteiger partial charge in [0.1, 0.15) is 5.82 Å². The SMILES string of the molecule is Nc1nc(NC2CCC(C(F)(F)F)CC2)nc2ccccc12. The van der Waals surface area contributed by atoms with E-state index in [2.05, 4.69) is 15.3 Å². The molecule has 1 fully saturated rings. The Morgan fingerprint density at radius 1 is 1.05 bits per heavy atom. The number of alkyl halides is 3. The van der Waals surface area contributed by atoms with Gasteiger partial charge in [-0.15, -0.1) is 0 Å². The summed E-state index contributed by atoms with van der Waals surface area (Å²) < 4.78 is 38.0. The summed E-state index contributed by atoms with van der Waals surface area (Å²) >= 11 is 0. The number of nitrogen functional groups attached to an aromatic ring is 1. The number of hydrogen-bond acceptors (Lipinski definition) is 4. The van der Waals surface area contributed by atoms with E-state index in [0.717, 1.165) is 10.9 Å². The number of halogens is 3. The molecule has 1 aliphatic carbocycles. The number of benzene rings is 1. The summed E-state index contributed by atoms with van der Waals surface area (Å²) in [5.41, 5.74) is 6.63. The standard InChI is InChI=1S/C15H17F3N4/c16-15(17,18)9-5-7-10(8-6-9)20-14-21-12-4-2-1-3-11(12)13(19)22-14/h1-4,9-10H,5-8H2,(H3,19,20,21,22). The number of aromatic nitrogens is 2. The lowest BCUT2D eigenvalue weighted by molar-refractivity contribution is -0.182. The van der Waals surface area contributed by atoms with Gasteiger partial charge in [0.2, 0.25) is 5.95 Å². The van der Waals surface area contributed by atoms with Crippen LogP contribution in [0.25, 0.3) is 10.9 Å². The highest BCUT2D eigenvalue weighted by Crippen LogP contribution is 2.38. The van der Waals surface area contributed by atoms with Crippen molar-refractivity contribution < 1.29 is 13.2 Å². The number of nitrogens with zero attached hydrogens (tertiary/aromatic N) is 2. The van der Waals surface area contributed by atoms with Crippen LogP contribution in [0.2, 0.25) is 0 Å². The maximum Gasteiger partial charge on any atom is 0.391 e. The summed E-state index contributed by atoms with van der Waals surface area (Å²) in [4.78, 5) is 8.57. The van der Waals surface area contributed by atoms with Gasteiger partial charge in [-0.25, -0.2) is 4.98 Å². The van der Waals surface area contributed by atoms with Crippen molar-refractivity contribution in [2.24, 2.45) is 5.92 Å². The second-order valence-corrected chi connectivity index (χ2v) is 5.68. The van der Waals surface area contributed by atoms with Crippen LogP contribution >= 0.6 is 0 Å². The average Bonchev–Trinajstić information content (AvgIpc) is 2.47. The minimum Gasteiger partial charge on any atom is -0.383 e. The van der Waals surface area contributed by atoms with Gasteiger partial charge in [0.15, 0.2) is 0 Å². The smallest absolute Gasteiger partial charge is 0.383 e. The highest BCUT2D eigenvalue weighted by atomic mass is 19.4. The third kappa shape index (κ3) is 3.08. The van der Waals surface area contributed by atoms with Crippen molar-refractivity contribution in [1.29, 1.82) is 0 Å². The first-order valence-electron chi connectivity index (χ1n) is 7.29. The number of nitrogens with two attached hydrogens (primary N) is 1. The Morgan fingerprint density at radius 3 is 2.41 bits per heavy atom. The molecule has 2 aromatic rings. The molecule has 0 spiro atoms. The highest BCUT2D eigenvalue weighted by molar-refractivity contribution is 5.88. The van der Waals surface area contributed by atoms with Gasteiger partial charge in [-0.3, -0.25) is 0 Å². The Balaban J connectivity index is 1.70. The molecule has 0 bridgehead atoms. The second kappa shape index (κ2) is 5.62. The third-order valence-electron chi connectivity index (χ3n) is 4.16. The van der Waals surface area contributed by atoms with Gasteiger partial charge in [-0.05, 0) is 37.8 Å². The summed E-state index contributed by atoms with van der Waals surface area (Å²) in [6, 6.07) is 7.34. The molecule has 0 unspecified atom stereocenters. The van der Waals surface area contributed by atoms with E-state index in [-0.39, 0.29) is 18.9 Å². The molecule has 1 aromatic heterocycles. The van der Waals surface area contributed by atoms with Crippen molar-refractivity contribution in [2.75, 3.05) is 11.1 Å². The molecule has 118 valence electrons. The molecule has 1 aliphatic rings. The predicted molar refractivity (Wildman–Crippen MR) is 79.4 cm³/mol. The summed E-state index contributed by atoms with van der Waals surface area (Å²) in [5, 5.41) is 3.89. The van der Waals surface area contributed by atoms with Gasteiger partial charge in [-0.1, -0.05) is 12.1 Å². The molecule has 1 heterocycles. The van der Waals surface area contributed by atoms with Gasteiger partial charge in [0, 0.05) is 11.4 Å². The van der Waals surface area contributed by atoms with Gasteiger partial charge < -0.3 is 11.1 Å². The van der Waals surface area contributed by atoms with Crippen LogP contribution in [-0.2, 0) is 0 Å². The number of para-hydroxylation sites is 1. The van der Waals surface area contributed by atoms with E-state index in [9.17, 15) is 13.2 Å². The molecule has 3 rings (SSSR count). The fraction of sp³-hybridized carbons (Fsp3) is 0.467. The highest BCUT2D eigenvalue weighted by Gasteiger charge is 2.41. The van der Waals surface area contributed by atoms with Crippen molar-refractivity contribution in [2.45, 2.75) is 37.9 Å². The van der Waals surface area contributed by atoms with Crippen LogP contribution in [0.3, 0.4) is 0 Å². The van der Waals surface area contributed by atoms with Crippen molar-refractivity contribution in [1.82, 2.24) is 9.97 Å². The molecule has 0 saturated heterocycles. The van der Waals surface area contributed by atoms with E-state index in [1.165, 1.54) is 0 Å². The van der Waals surface area contributed by atoms with E-state index >= 15 is 0 Å². The monoisotopic (exact) mass is 310 g/mol. The minimum absolute atomic E-state index is 0.0424. The maximum atomic E-state index is 12.7. The molecule has 0 amide bonds. The Hall–Kier alpha value is -2.05. The number of anilines is 2. The second-order valence-electron chi connectivity index (χ2n) is 5.68. The number of rotatable bonds is 2. The first-order valence-corrected chi connectivity index (χ1v) is 7.29. The largest absolute Gasteiger partial charge is 0.391 e. The number of fused-ring (bicyclic) bond motifs is 1. The predicted octanol–water partition coefficient (Wildman–Crippen LogP) is 3.75. The number of nitrogens with one attached hydrogen (secondary N) is 1. The van der Waals surface area contributed by atoms with E-state index in [4.69, 9.17) is 5.73 Å². The van der Waals surface area contributed by atoms with Crippen molar-refractivity contribution >= 4 is 22.7 Å². The van der Waals surface area contributed by atoms with Crippen molar-refractivity contribution in [3.63, 3.8) is 0 Å². The van der Waals surface area contributed by atoms with E-state index in [1.54, 1.807) is 0 Å². The molecule has 3 N–H and O–H groups in total. The lowest BCUT2D eigenvalue weighted by atomic mass is 9.86. The van der Waals surface area contributed by atoms with Crippen LogP contribution in [0.5, 0.6) is 0 Å². The molecule has 0 aliphatic heterocycles. The molecular formula is C15H17F3N4. The van der Waals surface area contributed by atoms with Gasteiger partial charge in [-0.2, -0.15) is 18.2 Å². The molecule has 7 heteroatoms. The molecule has 1 aromatic carbocycles. The Kier molecular flexibility index (Phi) is 3.80. The van der Waals surface area contributed by atoms with Crippen molar-refractivity contribution in [3.8, 4) is 0 Å². The van der Waals surface area contributed by atoms with Crippen LogP contribution in [0, 0.1) is 5.92 Å². The molecule has 1 saturated carbocycles. The van der Waals surface area contributed by atoms with E-state index in [0.29, 0.717) is 24.6 Å². The lowest BCUT2D eigenvalue weighted by Gasteiger charge is -2.30. The van der Waals surface area contributed by atoms with Crippen LogP contribution in [0.1, 0.15) is 25.7 Å².